The molecular formula is C19H25N5O. The van der Waals surface area contributed by atoms with Gasteiger partial charge in [-0.3, -0.25) is 4.79 Å². The summed E-state index contributed by atoms with van der Waals surface area (Å²) in [7, 11) is 0. The molecule has 1 saturated heterocycles. The van der Waals surface area contributed by atoms with Gasteiger partial charge in [-0.15, -0.1) is 0 Å². The third kappa shape index (κ3) is 3.90. The molecule has 1 aliphatic heterocycles. The van der Waals surface area contributed by atoms with Gasteiger partial charge in [0, 0.05) is 50.9 Å². The van der Waals surface area contributed by atoms with Crippen LogP contribution in [0.2, 0.25) is 0 Å². The van der Waals surface area contributed by atoms with Crippen LogP contribution >= 0.6 is 0 Å². The van der Waals surface area contributed by atoms with Crippen molar-refractivity contribution >= 4 is 18.2 Å². The van der Waals surface area contributed by atoms with Crippen LogP contribution in [0.15, 0.2) is 36.4 Å². The van der Waals surface area contributed by atoms with Gasteiger partial charge in [-0.05, 0) is 13.8 Å². The lowest BCUT2D eigenvalue weighted by Crippen LogP contribution is -2.46. The van der Waals surface area contributed by atoms with E-state index in [0.29, 0.717) is 13.1 Å². The number of hydrogen-bond donors (Lipinski definition) is 0. The highest BCUT2D eigenvalue weighted by atomic mass is 16.1. The van der Waals surface area contributed by atoms with Crippen molar-refractivity contribution in [2.45, 2.75) is 13.8 Å². The Bertz CT molecular complexity index is 694. The summed E-state index contributed by atoms with van der Waals surface area (Å²) in [4.78, 5) is 26.7. The lowest BCUT2D eigenvalue weighted by Gasteiger charge is -2.33. The number of nitrogens with zero attached hydrogens (tertiary/aromatic N) is 5. The van der Waals surface area contributed by atoms with Gasteiger partial charge in [0.2, 0.25) is 12.4 Å². The summed E-state index contributed by atoms with van der Waals surface area (Å²) in [6.07, 6.45) is 0.917. The minimum Gasteiger partial charge on any atom is -0.357 e. The highest BCUT2D eigenvalue weighted by Gasteiger charge is 2.20. The number of anilines is 2. The van der Waals surface area contributed by atoms with E-state index in [9.17, 15) is 4.79 Å². The first kappa shape index (κ1) is 17.2. The standard InChI is InChI=1S/C19H25N5O/c1-3-23(4-2)18-14-17(16-8-6-5-7-9-16)20-19(21-18)24-12-10-22(15-25)11-13-24/h5-9,14-15H,3-4,10-13H2,1-2H3. The quantitative estimate of drug-likeness (QED) is 0.756. The Labute approximate surface area is 149 Å². The van der Waals surface area contributed by atoms with Gasteiger partial charge in [0.15, 0.2) is 0 Å². The van der Waals surface area contributed by atoms with Gasteiger partial charge >= 0.3 is 0 Å². The van der Waals surface area contributed by atoms with Crippen LogP contribution in [0.25, 0.3) is 11.3 Å². The Morgan fingerprint density at radius 1 is 1.04 bits per heavy atom. The molecule has 1 aliphatic rings. The molecule has 2 aromatic rings. The Kier molecular flexibility index (Phi) is 5.48. The normalized spacial score (nSPS) is 14.5. The van der Waals surface area contributed by atoms with Crippen molar-refractivity contribution in [3.8, 4) is 11.3 Å². The first-order chi connectivity index (χ1) is 12.2. The summed E-state index contributed by atoms with van der Waals surface area (Å²) in [6, 6.07) is 12.3. The molecule has 132 valence electrons. The Morgan fingerprint density at radius 2 is 1.72 bits per heavy atom. The summed E-state index contributed by atoms with van der Waals surface area (Å²) in [6.45, 7) is 9.02. The fourth-order valence-electron chi connectivity index (χ4n) is 3.06. The monoisotopic (exact) mass is 339 g/mol. The van der Waals surface area contributed by atoms with Crippen LogP contribution in [0.4, 0.5) is 11.8 Å². The van der Waals surface area contributed by atoms with E-state index in [2.05, 4.69) is 41.8 Å². The number of amides is 1. The minimum atomic E-state index is 0.711. The molecule has 0 radical (unpaired) electrons. The second-order valence-electron chi connectivity index (χ2n) is 6.08. The van der Waals surface area contributed by atoms with Crippen molar-refractivity contribution in [2.75, 3.05) is 49.1 Å². The van der Waals surface area contributed by atoms with E-state index in [1.807, 2.05) is 18.2 Å². The van der Waals surface area contributed by atoms with Gasteiger partial charge in [0.25, 0.3) is 0 Å². The fourth-order valence-corrected chi connectivity index (χ4v) is 3.06. The van der Waals surface area contributed by atoms with Gasteiger partial charge < -0.3 is 14.7 Å². The molecule has 1 amide bonds. The molecule has 1 fully saturated rings. The van der Waals surface area contributed by atoms with E-state index in [-0.39, 0.29) is 0 Å². The molecular weight excluding hydrogens is 314 g/mol. The molecule has 1 aromatic carbocycles. The van der Waals surface area contributed by atoms with Gasteiger partial charge in [0.1, 0.15) is 5.82 Å². The zero-order valence-electron chi connectivity index (χ0n) is 14.9. The van der Waals surface area contributed by atoms with Crippen LogP contribution < -0.4 is 9.80 Å². The van der Waals surface area contributed by atoms with E-state index < -0.39 is 0 Å². The smallest absolute Gasteiger partial charge is 0.228 e. The zero-order chi connectivity index (χ0) is 17.6. The minimum absolute atomic E-state index is 0.711. The SMILES string of the molecule is CCN(CC)c1cc(-c2ccccc2)nc(N2CCN(C=O)CC2)n1. The van der Waals surface area contributed by atoms with Gasteiger partial charge in [-0.1, -0.05) is 30.3 Å². The Hall–Kier alpha value is -2.63. The van der Waals surface area contributed by atoms with Crippen LogP contribution in [0.1, 0.15) is 13.8 Å². The van der Waals surface area contributed by atoms with E-state index >= 15 is 0 Å². The van der Waals surface area contributed by atoms with Crippen molar-refractivity contribution in [3.63, 3.8) is 0 Å². The van der Waals surface area contributed by atoms with Crippen molar-refractivity contribution in [1.82, 2.24) is 14.9 Å². The summed E-state index contributed by atoms with van der Waals surface area (Å²) >= 11 is 0. The van der Waals surface area contributed by atoms with Crippen molar-refractivity contribution < 1.29 is 4.79 Å². The number of benzene rings is 1. The number of aromatic nitrogens is 2. The van der Waals surface area contributed by atoms with Crippen LogP contribution in [0.3, 0.4) is 0 Å². The van der Waals surface area contributed by atoms with E-state index in [4.69, 9.17) is 9.97 Å². The third-order valence-electron chi connectivity index (χ3n) is 4.60. The zero-order valence-corrected chi connectivity index (χ0v) is 14.9. The molecule has 25 heavy (non-hydrogen) atoms. The molecule has 0 saturated carbocycles. The predicted molar refractivity (Wildman–Crippen MR) is 101 cm³/mol. The highest BCUT2D eigenvalue weighted by molar-refractivity contribution is 5.65. The van der Waals surface area contributed by atoms with Crippen molar-refractivity contribution in [1.29, 1.82) is 0 Å². The van der Waals surface area contributed by atoms with Crippen LogP contribution in [0, 0.1) is 0 Å². The maximum absolute atomic E-state index is 10.9. The largest absolute Gasteiger partial charge is 0.357 e. The number of carbonyl (C=O) groups is 1. The van der Waals surface area contributed by atoms with Crippen molar-refractivity contribution in [3.05, 3.63) is 36.4 Å². The molecule has 0 bridgehead atoms. The molecule has 6 heteroatoms. The molecule has 3 rings (SSSR count). The number of hydrogen-bond acceptors (Lipinski definition) is 5. The van der Waals surface area contributed by atoms with Crippen molar-refractivity contribution in [2.24, 2.45) is 0 Å². The summed E-state index contributed by atoms with van der Waals surface area (Å²) in [5.74, 6) is 1.69. The maximum Gasteiger partial charge on any atom is 0.228 e. The van der Waals surface area contributed by atoms with E-state index in [0.717, 1.165) is 55.6 Å². The highest BCUT2D eigenvalue weighted by Crippen LogP contribution is 2.25. The number of carbonyl (C=O) groups excluding carboxylic acids is 1. The lowest BCUT2D eigenvalue weighted by molar-refractivity contribution is -0.118. The Morgan fingerprint density at radius 3 is 2.32 bits per heavy atom. The fraction of sp³-hybridized carbons (Fsp3) is 0.421. The van der Waals surface area contributed by atoms with E-state index in [1.165, 1.54) is 0 Å². The molecule has 6 nitrogen and oxygen atoms in total. The van der Waals surface area contributed by atoms with Crippen LogP contribution in [-0.2, 0) is 4.79 Å². The molecule has 0 unspecified atom stereocenters. The maximum atomic E-state index is 10.9. The van der Waals surface area contributed by atoms with E-state index in [1.54, 1.807) is 4.90 Å². The van der Waals surface area contributed by atoms with Gasteiger partial charge in [0.05, 0.1) is 5.69 Å². The van der Waals surface area contributed by atoms with Crippen LogP contribution in [0.5, 0.6) is 0 Å². The number of piperazine rings is 1. The first-order valence-corrected chi connectivity index (χ1v) is 8.89. The first-order valence-electron chi connectivity index (χ1n) is 8.89. The number of rotatable bonds is 6. The van der Waals surface area contributed by atoms with Gasteiger partial charge in [-0.2, -0.15) is 4.98 Å². The average Bonchev–Trinajstić information content (AvgIpc) is 2.69. The molecule has 0 aliphatic carbocycles. The summed E-state index contributed by atoms with van der Waals surface area (Å²) < 4.78 is 0. The molecule has 0 atom stereocenters. The predicted octanol–water partition coefficient (Wildman–Crippen LogP) is 2.27. The topological polar surface area (TPSA) is 52.6 Å². The third-order valence-corrected chi connectivity index (χ3v) is 4.60. The lowest BCUT2D eigenvalue weighted by atomic mass is 10.1. The molecule has 0 N–H and O–H groups in total. The second-order valence-corrected chi connectivity index (χ2v) is 6.08. The average molecular weight is 339 g/mol. The summed E-state index contributed by atoms with van der Waals surface area (Å²) in [5.41, 5.74) is 2.02. The van der Waals surface area contributed by atoms with Crippen LogP contribution in [-0.4, -0.2) is 60.5 Å². The molecule has 2 heterocycles. The van der Waals surface area contributed by atoms with Gasteiger partial charge in [-0.25, -0.2) is 4.98 Å². The summed E-state index contributed by atoms with van der Waals surface area (Å²) in [5, 5.41) is 0. The molecule has 0 spiro atoms. The second kappa shape index (κ2) is 7.96. The molecule has 1 aromatic heterocycles. The Balaban J connectivity index is 1.96.